The standard InChI is InChI=1S/C21H30N4O2/c1-15-7-9-22-21(23-15)25-11-10-24(19(14-25)8-12-26)13-18-5-6-20(27-4)17(3)16(18)2/h5-7,9,19,26H,8,10-14H2,1-4H3/t19-/m0/s1. The molecule has 27 heavy (non-hydrogen) atoms. The van der Waals surface area contributed by atoms with Gasteiger partial charge in [-0.1, -0.05) is 6.07 Å². The summed E-state index contributed by atoms with van der Waals surface area (Å²) in [6, 6.07) is 6.40. The highest BCUT2D eigenvalue weighted by molar-refractivity contribution is 5.43. The number of aryl methyl sites for hydroxylation is 1. The summed E-state index contributed by atoms with van der Waals surface area (Å²) in [6.45, 7) is 9.96. The molecule has 1 fully saturated rings. The van der Waals surface area contributed by atoms with Crippen molar-refractivity contribution in [1.82, 2.24) is 14.9 Å². The van der Waals surface area contributed by atoms with Crippen molar-refractivity contribution < 1.29 is 9.84 Å². The number of aliphatic hydroxyl groups excluding tert-OH is 1. The summed E-state index contributed by atoms with van der Waals surface area (Å²) >= 11 is 0. The minimum Gasteiger partial charge on any atom is -0.496 e. The lowest BCUT2D eigenvalue weighted by Gasteiger charge is -2.41. The van der Waals surface area contributed by atoms with Crippen molar-refractivity contribution in [1.29, 1.82) is 0 Å². The lowest BCUT2D eigenvalue weighted by Crippen LogP contribution is -2.53. The van der Waals surface area contributed by atoms with Gasteiger partial charge in [-0.3, -0.25) is 4.90 Å². The van der Waals surface area contributed by atoms with Crippen LogP contribution >= 0.6 is 0 Å². The van der Waals surface area contributed by atoms with Crippen molar-refractivity contribution in [3.05, 3.63) is 46.8 Å². The Kier molecular flexibility index (Phi) is 6.29. The van der Waals surface area contributed by atoms with E-state index in [1.807, 2.05) is 19.2 Å². The number of aliphatic hydroxyl groups is 1. The fourth-order valence-corrected chi connectivity index (χ4v) is 3.76. The van der Waals surface area contributed by atoms with Crippen LogP contribution in [-0.2, 0) is 6.54 Å². The molecule has 1 aliphatic rings. The van der Waals surface area contributed by atoms with Crippen molar-refractivity contribution in [2.75, 3.05) is 38.3 Å². The van der Waals surface area contributed by atoms with Crippen LogP contribution in [0, 0.1) is 20.8 Å². The normalized spacial score (nSPS) is 18.0. The van der Waals surface area contributed by atoms with Crippen molar-refractivity contribution in [3.63, 3.8) is 0 Å². The number of piperazine rings is 1. The molecule has 0 bridgehead atoms. The second-order valence-corrected chi connectivity index (χ2v) is 7.26. The van der Waals surface area contributed by atoms with Crippen LogP contribution < -0.4 is 9.64 Å². The van der Waals surface area contributed by atoms with Crippen molar-refractivity contribution >= 4 is 5.95 Å². The number of aromatic nitrogens is 2. The summed E-state index contributed by atoms with van der Waals surface area (Å²) in [4.78, 5) is 13.7. The second kappa shape index (κ2) is 8.67. The first-order valence-electron chi connectivity index (χ1n) is 9.56. The van der Waals surface area contributed by atoms with Gasteiger partial charge >= 0.3 is 0 Å². The van der Waals surface area contributed by atoms with Gasteiger partial charge in [0.05, 0.1) is 7.11 Å². The van der Waals surface area contributed by atoms with Crippen LogP contribution in [0.3, 0.4) is 0 Å². The number of hydrogen-bond acceptors (Lipinski definition) is 6. The number of ether oxygens (including phenoxy) is 1. The van der Waals surface area contributed by atoms with Gasteiger partial charge in [-0.25, -0.2) is 9.97 Å². The Labute approximate surface area is 161 Å². The van der Waals surface area contributed by atoms with E-state index in [0.717, 1.165) is 50.0 Å². The van der Waals surface area contributed by atoms with Crippen molar-refractivity contribution in [2.45, 2.75) is 39.8 Å². The zero-order chi connectivity index (χ0) is 19.4. The molecule has 6 nitrogen and oxygen atoms in total. The van der Waals surface area contributed by atoms with Gasteiger partial charge in [0.25, 0.3) is 0 Å². The predicted molar refractivity (Wildman–Crippen MR) is 107 cm³/mol. The fourth-order valence-electron chi connectivity index (χ4n) is 3.76. The zero-order valence-corrected chi connectivity index (χ0v) is 16.8. The number of rotatable bonds is 6. The van der Waals surface area contributed by atoms with E-state index < -0.39 is 0 Å². The van der Waals surface area contributed by atoms with Crippen LogP contribution in [0.1, 0.15) is 28.8 Å². The SMILES string of the molecule is COc1ccc(CN2CCN(c3nccc(C)n3)C[C@@H]2CCO)c(C)c1C. The van der Waals surface area contributed by atoms with E-state index in [0.29, 0.717) is 0 Å². The first kappa shape index (κ1) is 19.6. The first-order valence-corrected chi connectivity index (χ1v) is 9.56. The minimum atomic E-state index is 0.185. The first-order chi connectivity index (χ1) is 13.0. The number of hydrogen-bond donors (Lipinski definition) is 1. The van der Waals surface area contributed by atoms with Gasteiger partial charge in [-0.05, 0) is 56.0 Å². The number of anilines is 1. The van der Waals surface area contributed by atoms with Crippen LogP contribution in [0.15, 0.2) is 24.4 Å². The molecule has 3 rings (SSSR count). The molecule has 1 aliphatic heterocycles. The molecule has 0 unspecified atom stereocenters. The van der Waals surface area contributed by atoms with Gasteiger partial charge in [0, 0.05) is 50.7 Å². The summed E-state index contributed by atoms with van der Waals surface area (Å²) in [5, 5.41) is 9.58. The van der Waals surface area contributed by atoms with Crippen LogP contribution in [0.4, 0.5) is 5.95 Å². The molecule has 0 aliphatic carbocycles. The van der Waals surface area contributed by atoms with Crippen LogP contribution in [-0.4, -0.2) is 59.4 Å². The van der Waals surface area contributed by atoms with E-state index in [4.69, 9.17) is 4.74 Å². The predicted octanol–water partition coefficient (Wildman–Crippen LogP) is 2.48. The highest BCUT2D eigenvalue weighted by Gasteiger charge is 2.28. The van der Waals surface area contributed by atoms with Crippen molar-refractivity contribution in [2.24, 2.45) is 0 Å². The smallest absolute Gasteiger partial charge is 0.225 e. The molecule has 0 amide bonds. The maximum atomic E-state index is 9.58. The largest absolute Gasteiger partial charge is 0.496 e. The third-order valence-corrected chi connectivity index (χ3v) is 5.57. The number of nitrogens with zero attached hydrogens (tertiary/aromatic N) is 4. The molecule has 2 heterocycles. The molecule has 0 spiro atoms. The Bertz CT molecular complexity index is 781. The fraction of sp³-hybridized carbons (Fsp3) is 0.524. The van der Waals surface area contributed by atoms with E-state index in [9.17, 15) is 5.11 Å². The van der Waals surface area contributed by atoms with Crippen LogP contribution in [0.5, 0.6) is 5.75 Å². The van der Waals surface area contributed by atoms with Gasteiger partial charge in [0.1, 0.15) is 5.75 Å². The molecule has 0 radical (unpaired) electrons. The Balaban J connectivity index is 1.76. The molecule has 1 N–H and O–H groups in total. The van der Waals surface area contributed by atoms with E-state index in [1.165, 1.54) is 16.7 Å². The second-order valence-electron chi connectivity index (χ2n) is 7.26. The summed E-state index contributed by atoms with van der Waals surface area (Å²) in [5.41, 5.74) is 4.77. The number of methoxy groups -OCH3 is 1. The molecule has 2 aromatic rings. The Morgan fingerprint density at radius 3 is 2.67 bits per heavy atom. The van der Waals surface area contributed by atoms with Gasteiger partial charge in [0.15, 0.2) is 0 Å². The molecule has 146 valence electrons. The molecule has 0 saturated carbocycles. The number of benzene rings is 1. The lowest BCUT2D eigenvalue weighted by molar-refractivity contribution is 0.134. The molecule has 1 aromatic carbocycles. The van der Waals surface area contributed by atoms with Crippen molar-refractivity contribution in [3.8, 4) is 5.75 Å². The average Bonchev–Trinajstić information content (AvgIpc) is 2.67. The topological polar surface area (TPSA) is 61.7 Å². The molecular weight excluding hydrogens is 340 g/mol. The lowest BCUT2D eigenvalue weighted by atomic mass is 10.00. The van der Waals surface area contributed by atoms with Gasteiger partial charge in [0.2, 0.25) is 5.95 Å². The quantitative estimate of drug-likeness (QED) is 0.843. The molecule has 1 atom stereocenters. The maximum Gasteiger partial charge on any atom is 0.225 e. The third-order valence-electron chi connectivity index (χ3n) is 5.57. The Morgan fingerprint density at radius 2 is 1.96 bits per heavy atom. The van der Waals surface area contributed by atoms with Gasteiger partial charge in [-0.2, -0.15) is 0 Å². The molecular formula is C21H30N4O2. The average molecular weight is 370 g/mol. The van der Waals surface area contributed by atoms with Gasteiger partial charge < -0.3 is 14.7 Å². The summed E-state index contributed by atoms with van der Waals surface area (Å²) in [5.74, 6) is 1.72. The van der Waals surface area contributed by atoms with E-state index in [2.05, 4.69) is 45.7 Å². The highest BCUT2D eigenvalue weighted by atomic mass is 16.5. The monoisotopic (exact) mass is 370 g/mol. The van der Waals surface area contributed by atoms with Crippen LogP contribution in [0.25, 0.3) is 0 Å². The van der Waals surface area contributed by atoms with Crippen LogP contribution in [0.2, 0.25) is 0 Å². The summed E-state index contributed by atoms with van der Waals surface area (Å²) in [6.07, 6.45) is 2.56. The van der Waals surface area contributed by atoms with E-state index >= 15 is 0 Å². The molecule has 6 heteroatoms. The Hall–Kier alpha value is -2.18. The maximum absolute atomic E-state index is 9.58. The summed E-state index contributed by atoms with van der Waals surface area (Å²) < 4.78 is 5.44. The molecule has 1 saturated heterocycles. The Morgan fingerprint density at radius 1 is 1.15 bits per heavy atom. The summed E-state index contributed by atoms with van der Waals surface area (Å²) in [7, 11) is 1.71. The van der Waals surface area contributed by atoms with E-state index in [-0.39, 0.29) is 12.6 Å². The highest BCUT2D eigenvalue weighted by Crippen LogP contribution is 2.26. The van der Waals surface area contributed by atoms with E-state index in [1.54, 1.807) is 7.11 Å². The molecule has 1 aromatic heterocycles. The zero-order valence-electron chi connectivity index (χ0n) is 16.8. The van der Waals surface area contributed by atoms with Gasteiger partial charge in [-0.15, -0.1) is 0 Å². The third kappa shape index (κ3) is 4.39. The minimum absolute atomic E-state index is 0.185.